The molecule has 2 N–H and O–H groups in total. The lowest BCUT2D eigenvalue weighted by Crippen LogP contribution is -2.31. The molecular weight excluding hydrogens is 476 g/mol. The fourth-order valence-corrected chi connectivity index (χ4v) is 4.97. The molecule has 1 saturated heterocycles. The van der Waals surface area contributed by atoms with Crippen molar-refractivity contribution in [3.05, 3.63) is 106 Å². The first-order chi connectivity index (χ1) is 17.4. The number of rotatable bonds is 6. The number of amides is 1. The van der Waals surface area contributed by atoms with Crippen molar-refractivity contribution < 1.29 is 19.4 Å². The number of ether oxygens (including phenoxy) is 1. The molecule has 0 radical (unpaired) electrons. The quantitative estimate of drug-likeness (QED) is 0.199. The number of benzene rings is 3. The number of methoxy groups -OCH3 is 1. The molecule has 182 valence electrons. The zero-order valence-corrected chi connectivity index (χ0v) is 20.7. The normalized spacial score (nSPS) is 17.2. The van der Waals surface area contributed by atoms with Gasteiger partial charge in [0.25, 0.3) is 11.7 Å². The van der Waals surface area contributed by atoms with Gasteiger partial charge in [-0.1, -0.05) is 59.6 Å². The Labute approximate surface area is 213 Å². The number of H-pyrrole nitrogens is 1. The van der Waals surface area contributed by atoms with E-state index in [0.717, 1.165) is 27.8 Å². The Kier molecular flexibility index (Phi) is 6.29. The number of nitrogens with zero attached hydrogens (tertiary/aromatic N) is 1. The zero-order chi connectivity index (χ0) is 25.4. The second kappa shape index (κ2) is 9.55. The number of aliphatic hydroxyl groups excluding tert-OH is 1. The number of hydrogen-bond donors (Lipinski definition) is 2. The van der Waals surface area contributed by atoms with Crippen molar-refractivity contribution in [3.63, 3.8) is 0 Å². The molecule has 1 atom stereocenters. The lowest BCUT2D eigenvalue weighted by molar-refractivity contribution is -0.139. The molecule has 0 aliphatic carbocycles. The van der Waals surface area contributed by atoms with E-state index < -0.39 is 17.7 Å². The van der Waals surface area contributed by atoms with Crippen LogP contribution in [0.2, 0.25) is 5.02 Å². The second-order valence-corrected chi connectivity index (χ2v) is 9.26. The largest absolute Gasteiger partial charge is 0.507 e. The average molecular weight is 501 g/mol. The smallest absolute Gasteiger partial charge is 0.295 e. The highest BCUT2D eigenvalue weighted by molar-refractivity contribution is 6.47. The highest BCUT2D eigenvalue weighted by atomic mass is 35.5. The van der Waals surface area contributed by atoms with Crippen molar-refractivity contribution in [3.8, 4) is 5.75 Å². The van der Waals surface area contributed by atoms with Crippen LogP contribution in [0.25, 0.3) is 16.7 Å². The molecule has 5 rings (SSSR count). The Hall–Kier alpha value is -4.03. The summed E-state index contributed by atoms with van der Waals surface area (Å²) in [4.78, 5) is 31.3. The number of hydrogen-bond acceptors (Lipinski definition) is 4. The number of fused-ring (bicyclic) bond motifs is 1. The standard InChI is InChI=1S/C29H25ClN2O4/c1-17-7-9-18(10-8-17)27(33)25-26(21-5-3-4-6-23(21)30)32(29(35)28(25)34)14-13-19-16-31-24-12-11-20(36-2)15-22(19)24/h3-12,15-16,26,31,33H,13-14H2,1-2H3/b27-25-. The molecule has 3 aromatic carbocycles. The number of likely N-dealkylation sites (tertiary alicyclic amines) is 1. The molecular formula is C29H25ClN2O4. The van der Waals surface area contributed by atoms with Gasteiger partial charge in [0.2, 0.25) is 0 Å². The number of aromatic amines is 1. The van der Waals surface area contributed by atoms with Crippen LogP contribution in [0.5, 0.6) is 5.75 Å². The van der Waals surface area contributed by atoms with Gasteiger partial charge in [0.1, 0.15) is 11.5 Å². The van der Waals surface area contributed by atoms with E-state index in [0.29, 0.717) is 22.6 Å². The molecule has 1 aromatic heterocycles. The van der Waals surface area contributed by atoms with Gasteiger partial charge >= 0.3 is 0 Å². The molecule has 0 bridgehead atoms. The first-order valence-corrected chi connectivity index (χ1v) is 12.0. The summed E-state index contributed by atoms with van der Waals surface area (Å²) >= 11 is 6.54. The molecule has 1 fully saturated rings. The van der Waals surface area contributed by atoms with E-state index in [2.05, 4.69) is 4.98 Å². The van der Waals surface area contributed by atoms with Gasteiger partial charge in [-0.2, -0.15) is 0 Å². The average Bonchev–Trinajstić information content (AvgIpc) is 3.40. The second-order valence-electron chi connectivity index (χ2n) is 8.86. The van der Waals surface area contributed by atoms with Crippen LogP contribution in [0.4, 0.5) is 0 Å². The van der Waals surface area contributed by atoms with E-state index in [1.165, 1.54) is 4.90 Å². The molecule has 0 saturated carbocycles. The van der Waals surface area contributed by atoms with Crippen molar-refractivity contribution in [2.24, 2.45) is 0 Å². The van der Waals surface area contributed by atoms with E-state index in [-0.39, 0.29) is 17.9 Å². The predicted molar refractivity (Wildman–Crippen MR) is 140 cm³/mol. The van der Waals surface area contributed by atoms with E-state index in [4.69, 9.17) is 16.3 Å². The Morgan fingerprint density at radius 3 is 2.56 bits per heavy atom. The van der Waals surface area contributed by atoms with E-state index >= 15 is 0 Å². The number of aryl methyl sites for hydroxylation is 1. The number of aliphatic hydroxyl groups is 1. The molecule has 1 aliphatic heterocycles. The van der Waals surface area contributed by atoms with Crippen LogP contribution in [0.3, 0.4) is 0 Å². The molecule has 7 heteroatoms. The van der Waals surface area contributed by atoms with Crippen LogP contribution in [-0.2, 0) is 16.0 Å². The lowest BCUT2D eigenvalue weighted by atomic mass is 9.95. The van der Waals surface area contributed by atoms with Gasteiger partial charge in [-0.25, -0.2) is 0 Å². The molecule has 6 nitrogen and oxygen atoms in total. The Balaban J connectivity index is 1.56. The summed E-state index contributed by atoms with van der Waals surface area (Å²) in [6, 6.07) is 19.2. The van der Waals surface area contributed by atoms with E-state index in [1.807, 2.05) is 43.5 Å². The third-order valence-corrected chi connectivity index (χ3v) is 7.01. The number of carbonyl (C=O) groups excluding carboxylic acids is 2. The maximum absolute atomic E-state index is 13.3. The topological polar surface area (TPSA) is 82.6 Å². The Morgan fingerprint density at radius 1 is 1.08 bits per heavy atom. The summed E-state index contributed by atoms with van der Waals surface area (Å²) in [6.07, 6.45) is 2.39. The summed E-state index contributed by atoms with van der Waals surface area (Å²) < 4.78 is 5.36. The number of aromatic nitrogens is 1. The molecule has 1 aliphatic rings. The summed E-state index contributed by atoms with van der Waals surface area (Å²) in [7, 11) is 1.62. The minimum Gasteiger partial charge on any atom is -0.507 e. The maximum Gasteiger partial charge on any atom is 0.295 e. The SMILES string of the molecule is COc1ccc2[nH]cc(CCN3C(=O)C(=O)/C(=C(\O)c4ccc(C)cc4)C3c3ccccc3Cl)c2c1. The van der Waals surface area contributed by atoms with Gasteiger partial charge < -0.3 is 19.7 Å². The van der Waals surface area contributed by atoms with Gasteiger partial charge in [-0.3, -0.25) is 9.59 Å². The van der Waals surface area contributed by atoms with Crippen molar-refractivity contribution in [1.29, 1.82) is 0 Å². The van der Waals surface area contributed by atoms with Gasteiger partial charge in [0, 0.05) is 34.2 Å². The minimum atomic E-state index is -0.806. The summed E-state index contributed by atoms with van der Waals surface area (Å²) in [5, 5.41) is 12.6. The minimum absolute atomic E-state index is 0.0394. The van der Waals surface area contributed by atoms with Crippen molar-refractivity contribution in [1.82, 2.24) is 9.88 Å². The summed E-state index contributed by atoms with van der Waals surface area (Å²) in [5.41, 5.74) is 4.06. The van der Waals surface area contributed by atoms with Gasteiger partial charge in [0.05, 0.1) is 18.7 Å². The fourth-order valence-electron chi connectivity index (χ4n) is 4.73. The van der Waals surface area contributed by atoms with E-state index in [1.54, 1.807) is 43.5 Å². The van der Waals surface area contributed by atoms with Crippen LogP contribution in [-0.4, -0.2) is 40.3 Å². The first-order valence-electron chi connectivity index (χ1n) is 11.6. The summed E-state index contributed by atoms with van der Waals surface area (Å²) in [5.74, 6) is -0.861. The Bertz CT molecular complexity index is 1500. The molecule has 1 amide bonds. The third kappa shape index (κ3) is 4.14. The molecule has 0 spiro atoms. The zero-order valence-electron chi connectivity index (χ0n) is 19.9. The Morgan fingerprint density at radius 2 is 1.83 bits per heavy atom. The highest BCUT2D eigenvalue weighted by Crippen LogP contribution is 2.42. The summed E-state index contributed by atoms with van der Waals surface area (Å²) in [6.45, 7) is 2.20. The van der Waals surface area contributed by atoms with Crippen LogP contribution in [0.15, 0.2) is 78.5 Å². The fraction of sp³-hybridized carbons (Fsp3) is 0.172. The first kappa shape index (κ1) is 23.7. The number of Topliss-reactive ketones (excluding diaryl/α,β-unsaturated/α-hetero) is 1. The number of nitrogens with one attached hydrogen (secondary N) is 1. The van der Waals surface area contributed by atoms with Crippen molar-refractivity contribution in [2.45, 2.75) is 19.4 Å². The lowest BCUT2D eigenvalue weighted by Gasteiger charge is -2.26. The maximum atomic E-state index is 13.3. The molecule has 36 heavy (non-hydrogen) atoms. The van der Waals surface area contributed by atoms with Gasteiger partial charge in [-0.05, 0) is 48.7 Å². The number of halogens is 1. The van der Waals surface area contributed by atoms with Crippen LogP contribution < -0.4 is 4.74 Å². The van der Waals surface area contributed by atoms with Crippen LogP contribution in [0, 0.1) is 6.92 Å². The number of ketones is 1. The van der Waals surface area contributed by atoms with E-state index in [9.17, 15) is 14.7 Å². The molecule has 1 unspecified atom stereocenters. The van der Waals surface area contributed by atoms with Gasteiger partial charge in [-0.15, -0.1) is 0 Å². The van der Waals surface area contributed by atoms with Crippen molar-refractivity contribution >= 4 is 40.0 Å². The van der Waals surface area contributed by atoms with Crippen molar-refractivity contribution in [2.75, 3.05) is 13.7 Å². The highest BCUT2D eigenvalue weighted by Gasteiger charge is 2.46. The van der Waals surface area contributed by atoms with Gasteiger partial charge in [0.15, 0.2) is 0 Å². The van der Waals surface area contributed by atoms with Crippen LogP contribution >= 0.6 is 11.6 Å². The van der Waals surface area contributed by atoms with Crippen LogP contribution in [0.1, 0.15) is 28.3 Å². The monoisotopic (exact) mass is 500 g/mol. The molecule has 2 heterocycles. The third-order valence-electron chi connectivity index (χ3n) is 6.66. The molecule has 4 aromatic rings. The predicted octanol–water partition coefficient (Wildman–Crippen LogP) is 5.80. The number of carbonyl (C=O) groups is 2.